The van der Waals surface area contributed by atoms with Crippen LogP contribution in [0.5, 0.6) is 0 Å². The van der Waals surface area contributed by atoms with Crippen molar-refractivity contribution in [1.82, 2.24) is 0 Å². The van der Waals surface area contributed by atoms with Crippen molar-refractivity contribution in [2.24, 2.45) is 0 Å². The SMILES string of the molecule is CC(C)S[C@@H]1O[C@H](CO)[C@H](O)[C@H](O)[C@H]1O.O. The molecule has 0 aromatic carbocycles. The lowest BCUT2D eigenvalue weighted by atomic mass is 10.0. The third-order valence-corrected chi connectivity index (χ3v) is 3.46. The first kappa shape index (κ1) is 16.1. The first-order valence-corrected chi connectivity index (χ1v) is 5.87. The van der Waals surface area contributed by atoms with Gasteiger partial charge in [-0.1, -0.05) is 13.8 Å². The first-order valence-electron chi connectivity index (χ1n) is 4.93. The molecule has 5 atom stereocenters. The standard InChI is InChI=1S/C9H18O5S.H2O/c1-4(2)15-9-8(13)7(12)6(11)5(3-10)14-9;/h4-13H,3H2,1-2H3;1H2/t5-,6+,7+,8-,9+;/m1./s1. The summed E-state index contributed by atoms with van der Waals surface area (Å²) < 4.78 is 5.29. The minimum Gasteiger partial charge on any atom is -0.412 e. The van der Waals surface area contributed by atoms with Gasteiger partial charge in [0, 0.05) is 5.25 Å². The molecule has 6 N–H and O–H groups in total. The average molecular weight is 256 g/mol. The van der Waals surface area contributed by atoms with E-state index in [1.54, 1.807) is 0 Å². The molecular formula is C9H20O6S. The molecule has 0 saturated carbocycles. The lowest BCUT2D eigenvalue weighted by Crippen LogP contribution is -2.57. The van der Waals surface area contributed by atoms with Crippen LogP contribution < -0.4 is 0 Å². The molecule has 16 heavy (non-hydrogen) atoms. The molecule has 0 aromatic rings. The van der Waals surface area contributed by atoms with E-state index in [2.05, 4.69) is 0 Å². The maximum atomic E-state index is 9.63. The zero-order valence-electron chi connectivity index (χ0n) is 9.28. The number of hydrogen-bond donors (Lipinski definition) is 4. The molecule has 1 rings (SSSR count). The monoisotopic (exact) mass is 256 g/mol. The Labute approximate surface area is 98.5 Å². The van der Waals surface area contributed by atoms with Crippen LogP contribution in [-0.4, -0.2) is 67.6 Å². The lowest BCUT2D eigenvalue weighted by Gasteiger charge is -2.40. The Balaban J connectivity index is 0.00000225. The molecule has 1 saturated heterocycles. The second-order valence-corrected chi connectivity index (χ2v) is 5.56. The molecule has 0 amide bonds. The summed E-state index contributed by atoms with van der Waals surface area (Å²) in [5.74, 6) is 0. The topological polar surface area (TPSA) is 122 Å². The summed E-state index contributed by atoms with van der Waals surface area (Å²) in [7, 11) is 0. The van der Waals surface area contributed by atoms with Crippen LogP contribution in [0.1, 0.15) is 13.8 Å². The van der Waals surface area contributed by atoms with E-state index in [-0.39, 0.29) is 17.3 Å². The van der Waals surface area contributed by atoms with Crippen molar-refractivity contribution in [3.8, 4) is 0 Å². The second-order valence-electron chi connectivity index (χ2n) is 3.88. The lowest BCUT2D eigenvalue weighted by molar-refractivity contribution is -0.205. The summed E-state index contributed by atoms with van der Waals surface area (Å²) in [5.41, 5.74) is -0.611. The highest BCUT2D eigenvalue weighted by molar-refractivity contribution is 8.00. The highest BCUT2D eigenvalue weighted by atomic mass is 32.2. The summed E-state index contributed by atoms with van der Waals surface area (Å²) in [6.07, 6.45) is -4.48. The van der Waals surface area contributed by atoms with Gasteiger partial charge in [-0.25, -0.2) is 0 Å². The van der Waals surface area contributed by atoms with Crippen molar-refractivity contribution in [2.45, 2.75) is 48.9 Å². The maximum absolute atomic E-state index is 9.63. The van der Waals surface area contributed by atoms with Crippen LogP contribution in [0.3, 0.4) is 0 Å². The van der Waals surface area contributed by atoms with Gasteiger partial charge >= 0.3 is 0 Å². The number of ether oxygens (including phenoxy) is 1. The third-order valence-electron chi connectivity index (χ3n) is 2.25. The molecule has 98 valence electrons. The van der Waals surface area contributed by atoms with E-state index in [0.29, 0.717) is 0 Å². The molecule has 1 fully saturated rings. The number of rotatable bonds is 3. The van der Waals surface area contributed by atoms with E-state index in [0.717, 1.165) is 0 Å². The van der Waals surface area contributed by atoms with Gasteiger partial charge in [0.2, 0.25) is 0 Å². The molecule has 1 aliphatic heterocycles. The van der Waals surface area contributed by atoms with Gasteiger partial charge in [-0.15, -0.1) is 11.8 Å². The highest BCUT2D eigenvalue weighted by Gasteiger charge is 2.43. The van der Waals surface area contributed by atoms with Crippen molar-refractivity contribution in [3.63, 3.8) is 0 Å². The van der Waals surface area contributed by atoms with Crippen molar-refractivity contribution >= 4 is 11.8 Å². The van der Waals surface area contributed by atoms with Crippen molar-refractivity contribution < 1.29 is 30.6 Å². The van der Waals surface area contributed by atoms with Crippen LogP contribution in [0.2, 0.25) is 0 Å². The van der Waals surface area contributed by atoms with Gasteiger partial charge < -0.3 is 30.6 Å². The van der Waals surface area contributed by atoms with Gasteiger partial charge in [-0.3, -0.25) is 0 Å². The highest BCUT2D eigenvalue weighted by Crippen LogP contribution is 2.30. The van der Waals surface area contributed by atoms with Gasteiger partial charge in [-0.05, 0) is 0 Å². The van der Waals surface area contributed by atoms with E-state index >= 15 is 0 Å². The molecular weight excluding hydrogens is 236 g/mol. The summed E-state index contributed by atoms with van der Waals surface area (Å²) in [6, 6.07) is 0. The van der Waals surface area contributed by atoms with Crippen molar-refractivity contribution in [3.05, 3.63) is 0 Å². The van der Waals surface area contributed by atoms with Gasteiger partial charge in [0.05, 0.1) is 6.61 Å². The Morgan fingerprint density at radius 1 is 1.12 bits per heavy atom. The van der Waals surface area contributed by atoms with Gasteiger partial charge in [0.1, 0.15) is 29.9 Å². The van der Waals surface area contributed by atoms with E-state index in [9.17, 15) is 15.3 Å². The van der Waals surface area contributed by atoms with E-state index < -0.39 is 29.9 Å². The number of aliphatic hydroxyl groups is 4. The molecule has 7 heteroatoms. The van der Waals surface area contributed by atoms with Crippen LogP contribution in [0.15, 0.2) is 0 Å². The number of hydrogen-bond acceptors (Lipinski definition) is 6. The van der Waals surface area contributed by atoms with E-state index in [1.165, 1.54) is 11.8 Å². The number of thioether (sulfide) groups is 1. The molecule has 0 bridgehead atoms. The molecule has 0 aromatic heterocycles. The van der Waals surface area contributed by atoms with Crippen LogP contribution in [0.4, 0.5) is 0 Å². The zero-order valence-corrected chi connectivity index (χ0v) is 10.1. The summed E-state index contributed by atoms with van der Waals surface area (Å²) in [6.45, 7) is 3.50. The predicted molar refractivity (Wildman–Crippen MR) is 60.1 cm³/mol. The third kappa shape index (κ3) is 3.56. The molecule has 6 nitrogen and oxygen atoms in total. The average Bonchev–Trinajstić information content (AvgIpc) is 2.18. The Morgan fingerprint density at radius 3 is 2.12 bits per heavy atom. The fourth-order valence-corrected chi connectivity index (χ4v) is 2.51. The summed E-state index contributed by atoms with van der Waals surface area (Å²) in [4.78, 5) is 0. The molecule has 1 heterocycles. The summed E-state index contributed by atoms with van der Waals surface area (Å²) >= 11 is 1.35. The fourth-order valence-electron chi connectivity index (χ4n) is 1.45. The minimum absolute atomic E-state index is 0. The van der Waals surface area contributed by atoms with Gasteiger partial charge in [0.15, 0.2) is 0 Å². The van der Waals surface area contributed by atoms with E-state index in [1.807, 2.05) is 13.8 Å². The predicted octanol–water partition coefficient (Wildman–Crippen LogP) is -1.90. The van der Waals surface area contributed by atoms with Gasteiger partial charge in [0.25, 0.3) is 0 Å². The summed E-state index contributed by atoms with van der Waals surface area (Å²) in [5, 5.41) is 37.8. The van der Waals surface area contributed by atoms with E-state index in [4.69, 9.17) is 9.84 Å². The van der Waals surface area contributed by atoms with Crippen molar-refractivity contribution in [2.75, 3.05) is 6.61 Å². The second kappa shape index (κ2) is 6.75. The van der Waals surface area contributed by atoms with Crippen molar-refractivity contribution in [1.29, 1.82) is 0 Å². The molecule has 1 aliphatic rings. The molecule has 0 aliphatic carbocycles. The van der Waals surface area contributed by atoms with Crippen LogP contribution in [-0.2, 0) is 4.74 Å². The largest absolute Gasteiger partial charge is 0.412 e. The van der Waals surface area contributed by atoms with Crippen LogP contribution in [0, 0.1) is 0 Å². The molecule has 0 spiro atoms. The maximum Gasteiger partial charge on any atom is 0.132 e. The Kier molecular flexibility index (Phi) is 6.80. The minimum atomic E-state index is -1.27. The smallest absolute Gasteiger partial charge is 0.132 e. The van der Waals surface area contributed by atoms with Crippen LogP contribution >= 0.6 is 11.8 Å². The Morgan fingerprint density at radius 2 is 1.69 bits per heavy atom. The van der Waals surface area contributed by atoms with Crippen LogP contribution in [0.25, 0.3) is 0 Å². The quantitative estimate of drug-likeness (QED) is 0.468. The number of aliphatic hydroxyl groups excluding tert-OH is 4. The molecule has 0 unspecified atom stereocenters. The Bertz CT molecular complexity index is 200. The van der Waals surface area contributed by atoms with Gasteiger partial charge in [-0.2, -0.15) is 0 Å². The Hall–Kier alpha value is 0.110. The normalized spacial score (nSPS) is 39.6. The zero-order chi connectivity index (χ0) is 11.6. The fraction of sp³-hybridized carbons (Fsp3) is 1.00. The molecule has 0 radical (unpaired) electrons. The first-order chi connectivity index (χ1) is 6.97.